The molecule has 0 atom stereocenters. The Balaban J connectivity index is 2.23. The van der Waals surface area contributed by atoms with Crippen LogP contribution in [0.5, 0.6) is 0 Å². The van der Waals surface area contributed by atoms with Crippen LogP contribution >= 0.6 is 0 Å². The highest BCUT2D eigenvalue weighted by molar-refractivity contribution is 5.77. The van der Waals surface area contributed by atoms with E-state index in [4.69, 9.17) is 0 Å². The molecule has 0 radical (unpaired) electrons. The largest absolute Gasteiger partial charge is 0.293 e. The van der Waals surface area contributed by atoms with Gasteiger partial charge in [-0.05, 0) is 6.07 Å². The Bertz CT molecular complexity index is 381. The molecule has 0 bridgehead atoms. The molecular weight excluding hydrogens is 150 g/mol. The lowest BCUT2D eigenvalue weighted by Gasteiger charge is -1.97. The van der Waals surface area contributed by atoms with Gasteiger partial charge in [-0.25, -0.2) is 0 Å². The molecule has 0 unspecified atom stereocenters. The number of nitrogens with zero attached hydrogens (tertiary/aromatic N) is 3. The lowest BCUT2D eigenvalue weighted by atomic mass is 10.3. The normalized spacial score (nSPS) is 15.5. The first kappa shape index (κ1) is 6.06. The fraction of sp³-hybridized carbons (Fsp3) is 0.222. The summed E-state index contributed by atoms with van der Waals surface area (Å²) in [7, 11) is 0. The van der Waals surface area contributed by atoms with Gasteiger partial charge >= 0.3 is 0 Å². The van der Waals surface area contributed by atoms with Crippen molar-refractivity contribution in [2.75, 3.05) is 18.1 Å². The van der Waals surface area contributed by atoms with Gasteiger partial charge in [-0.2, -0.15) is 9.89 Å². The second-order valence-corrected chi connectivity index (χ2v) is 3.06. The summed E-state index contributed by atoms with van der Waals surface area (Å²) in [4.78, 5) is 1.94. The Morgan fingerprint density at radius 2 is 2.00 bits per heavy atom. The zero-order valence-electron chi connectivity index (χ0n) is 6.64. The summed E-state index contributed by atoms with van der Waals surface area (Å²) in [5, 5.41) is 7.81. The Labute approximate surface area is 70.2 Å². The molecule has 1 saturated heterocycles. The Morgan fingerprint density at radius 1 is 1.17 bits per heavy atom. The fourth-order valence-electron chi connectivity index (χ4n) is 1.35. The van der Waals surface area contributed by atoms with Gasteiger partial charge in [-0.1, -0.05) is 18.2 Å². The van der Waals surface area contributed by atoms with E-state index in [1.54, 1.807) is 0 Å². The van der Waals surface area contributed by atoms with Crippen LogP contribution in [0.15, 0.2) is 30.5 Å². The van der Waals surface area contributed by atoms with Gasteiger partial charge in [0.15, 0.2) is 0 Å². The maximum absolute atomic E-state index is 4.42. The van der Waals surface area contributed by atoms with Crippen molar-refractivity contribution in [2.24, 2.45) is 0 Å². The van der Waals surface area contributed by atoms with Crippen LogP contribution in [0.1, 0.15) is 0 Å². The monoisotopic (exact) mass is 159 g/mol. The number of hydrogen-bond acceptors (Lipinski definition) is 2. The quantitative estimate of drug-likeness (QED) is 0.578. The number of fused-ring (bicyclic) bond motifs is 1. The third-order valence-electron chi connectivity index (χ3n) is 2.11. The molecule has 3 heteroatoms. The van der Waals surface area contributed by atoms with E-state index in [1.165, 1.54) is 5.39 Å². The van der Waals surface area contributed by atoms with E-state index in [1.807, 2.05) is 23.0 Å². The predicted molar refractivity (Wildman–Crippen MR) is 47.7 cm³/mol. The molecule has 0 spiro atoms. The van der Waals surface area contributed by atoms with Crippen molar-refractivity contribution in [3.8, 4) is 0 Å². The van der Waals surface area contributed by atoms with Gasteiger partial charge in [-0.3, -0.25) is 5.01 Å². The summed E-state index contributed by atoms with van der Waals surface area (Å²) >= 11 is 0. The average Bonchev–Trinajstić information content (AvgIpc) is 2.85. The average molecular weight is 159 g/mol. The Hall–Kier alpha value is -1.51. The van der Waals surface area contributed by atoms with E-state index in [-0.39, 0.29) is 0 Å². The van der Waals surface area contributed by atoms with Gasteiger partial charge < -0.3 is 0 Å². The minimum Gasteiger partial charge on any atom is -0.293 e. The molecule has 1 aromatic carbocycles. The van der Waals surface area contributed by atoms with Crippen LogP contribution in [0.3, 0.4) is 0 Å². The standard InChI is InChI=1S/C9H9N3/c1-2-4-9-8(3-1)7-12(10-9)11-5-6-11/h1-4,7H,5-6H2. The molecule has 2 heterocycles. The summed E-state index contributed by atoms with van der Waals surface area (Å²) in [6.45, 7) is 2.27. The predicted octanol–water partition coefficient (Wildman–Crippen LogP) is 0.988. The molecule has 60 valence electrons. The van der Waals surface area contributed by atoms with Gasteiger partial charge in [0.1, 0.15) is 0 Å². The summed E-state index contributed by atoms with van der Waals surface area (Å²) in [5.74, 6) is 0. The molecule has 1 fully saturated rings. The summed E-state index contributed by atoms with van der Waals surface area (Å²) < 4.78 is 0. The lowest BCUT2D eigenvalue weighted by Crippen LogP contribution is -2.11. The van der Waals surface area contributed by atoms with E-state index in [0.29, 0.717) is 0 Å². The van der Waals surface area contributed by atoms with Crippen molar-refractivity contribution in [2.45, 2.75) is 0 Å². The fourth-order valence-corrected chi connectivity index (χ4v) is 1.35. The van der Waals surface area contributed by atoms with Crippen molar-refractivity contribution in [3.05, 3.63) is 30.5 Å². The number of benzene rings is 1. The van der Waals surface area contributed by atoms with E-state index >= 15 is 0 Å². The van der Waals surface area contributed by atoms with E-state index < -0.39 is 0 Å². The third-order valence-corrected chi connectivity index (χ3v) is 2.11. The highest BCUT2D eigenvalue weighted by Crippen LogP contribution is 2.13. The minimum atomic E-state index is 1.07. The Kier molecular flexibility index (Phi) is 1.01. The van der Waals surface area contributed by atoms with Crippen LogP contribution in [-0.2, 0) is 0 Å². The second kappa shape index (κ2) is 2.00. The molecule has 12 heavy (non-hydrogen) atoms. The van der Waals surface area contributed by atoms with Gasteiger partial charge in [-0.15, -0.1) is 0 Å². The first-order valence-electron chi connectivity index (χ1n) is 4.13. The molecule has 2 aromatic rings. The van der Waals surface area contributed by atoms with E-state index in [0.717, 1.165) is 18.6 Å². The topological polar surface area (TPSA) is 20.8 Å². The first-order chi connectivity index (χ1) is 5.93. The van der Waals surface area contributed by atoms with Crippen molar-refractivity contribution in [3.63, 3.8) is 0 Å². The van der Waals surface area contributed by atoms with Crippen LogP contribution in [0.2, 0.25) is 0 Å². The second-order valence-electron chi connectivity index (χ2n) is 3.06. The highest BCUT2D eigenvalue weighted by atomic mass is 15.7. The van der Waals surface area contributed by atoms with Gasteiger partial charge in [0, 0.05) is 5.39 Å². The number of hydrogen-bond donors (Lipinski definition) is 0. The smallest absolute Gasteiger partial charge is 0.0944 e. The molecule has 3 nitrogen and oxygen atoms in total. The maximum atomic E-state index is 4.42. The van der Waals surface area contributed by atoms with Crippen LogP contribution in [0, 0.1) is 0 Å². The first-order valence-corrected chi connectivity index (χ1v) is 4.13. The summed E-state index contributed by atoms with van der Waals surface area (Å²) in [6, 6.07) is 8.18. The molecule has 1 aromatic heterocycles. The van der Waals surface area contributed by atoms with E-state index in [2.05, 4.69) is 22.4 Å². The van der Waals surface area contributed by atoms with Crippen molar-refractivity contribution >= 4 is 10.9 Å². The van der Waals surface area contributed by atoms with Crippen molar-refractivity contribution in [1.29, 1.82) is 0 Å². The number of aromatic nitrogens is 2. The molecule has 0 amide bonds. The zero-order valence-corrected chi connectivity index (χ0v) is 6.64. The molecule has 0 saturated carbocycles. The zero-order chi connectivity index (χ0) is 7.97. The van der Waals surface area contributed by atoms with Gasteiger partial charge in [0.25, 0.3) is 0 Å². The summed E-state index contributed by atoms with van der Waals surface area (Å²) in [5.41, 5.74) is 1.07. The van der Waals surface area contributed by atoms with Crippen molar-refractivity contribution < 1.29 is 0 Å². The maximum Gasteiger partial charge on any atom is 0.0944 e. The summed E-state index contributed by atoms with van der Waals surface area (Å²) in [6.07, 6.45) is 2.07. The molecule has 0 aliphatic carbocycles. The lowest BCUT2D eigenvalue weighted by molar-refractivity contribution is 0.725. The van der Waals surface area contributed by atoms with Crippen LogP contribution in [0.25, 0.3) is 10.9 Å². The van der Waals surface area contributed by atoms with Gasteiger partial charge in [0.05, 0.1) is 24.8 Å². The molecule has 3 rings (SSSR count). The molecular formula is C9H9N3. The molecule has 0 N–H and O–H groups in total. The minimum absolute atomic E-state index is 1.07. The van der Waals surface area contributed by atoms with Crippen LogP contribution < -0.4 is 5.01 Å². The highest BCUT2D eigenvalue weighted by Gasteiger charge is 2.18. The molecule has 1 aliphatic heterocycles. The van der Waals surface area contributed by atoms with Crippen LogP contribution in [0.4, 0.5) is 0 Å². The Morgan fingerprint density at radius 3 is 2.75 bits per heavy atom. The SMILES string of the molecule is c1ccc2nn(N3CC3)cc2c1. The molecule has 1 aliphatic rings. The van der Waals surface area contributed by atoms with Crippen LogP contribution in [-0.4, -0.2) is 23.0 Å². The van der Waals surface area contributed by atoms with Crippen molar-refractivity contribution in [1.82, 2.24) is 9.89 Å². The van der Waals surface area contributed by atoms with E-state index in [9.17, 15) is 0 Å². The third kappa shape index (κ3) is 0.794. The van der Waals surface area contributed by atoms with Gasteiger partial charge in [0.2, 0.25) is 0 Å². The number of rotatable bonds is 1.